The summed E-state index contributed by atoms with van der Waals surface area (Å²) in [5.74, 6) is 0.0991. The summed E-state index contributed by atoms with van der Waals surface area (Å²) < 4.78 is 37.3. The molecule has 0 unspecified atom stereocenters. The van der Waals surface area contributed by atoms with Gasteiger partial charge < -0.3 is 11.1 Å². The van der Waals surface area contributed by atoms with Crippen molar-refractivity contribution in [3.8, 4) is 0 Å². The number of nitrogens with zero attached hydrogens (tertiary/aromatic N) is 3. The number of hydrogen-bond acceptors (Lipinski definition) is 3. The van der Waals surface area contributed by atoms with Gasteiger partial charge in [0.05, 0.1) is 0 Å². The minimum Gasteiger partial charge on any atom is -0.370 e. The normalized spacial score (nSPS) is 13.5. The molecule has 3 N–H and O–H groups in total. The molecule has 0 aliphatic heterocycles. The van der Waals surface area contributed by atoms with Gasteiger partial charge in [-0.15, -0.1) is 0 Å². The maximum absolute atomic E-state index is 12.4. The Morgan fingerprint density at radius 1 is 1.37 bits per heavy atom. The number of halogens is 3. The number of alkyl halides is 3. The van der Waals surface area contributed by atoms with E-state index in [1.807, 2.05) is 20.8 Å². The maximum atomic E-state index is 12.4. The van der Waals surface area contributed by atoms with E-state index in [2.05, 4.69) is 20.3 Å². The van der Waals surface area contributed by atoms with E-state index in [1.54, 1.807) is 0 Å². The van der Waals surface area contributed by atoms with Gasteiger partial charge in [-0.2, -0.15) is 13.2 Å². The molecule has 0 aromatic carbocycles. The van der Waals surface area contributed by atoms with Crippen LogP contribution in [-0.4, -0.2) is 21.5 Å². The van der Waals surface area contributed by atoms with E-state index in [0.717, 1.165) is 12.3 Å². The van der Waals surface area contributed by atoms with Crippen molar-refractivity contribution in [2.75, 3.05) is 0 Å². The third-order valence-electron chi connectivity index (χ3n) is 1.89. The molecule has 1 aromatic rings. The largest absolute Gasteiger partial charge is 0.433 e. The van der Waals surface area contributed by atoms with Crippen molar-refractivity contribution < 1.29 is 13.2 Å². The highest BCUT2D eigenvalue weighted by atomic mass is 19.4. The summed E-state index contributed by atoms with van der Waals surface area (Å²) >= 11 is 0. The van der Waals surface area contributed by atoms with Crippen LogP contribution in [0.2, 0.25) is 0 Å². The third-order valence-corrected chi connectivity index (χ3v) is 1.89. The lowest BCUT2D eigenvalue weighted by molar-refractivity contribution is -0.141. The summed E-state index contributed by atoms with van der Waals surface area (Å²) in [5.41, 5.74) is 4.33. The predicted octanol–water partition coefficient (Wildman–Crippen LogP) is 1.70. The molecule has 0 radical (unpaired) electrons. The average Bonchev–Trinajstić information content (AvgIpc) is 2.23. The zero-order valence-corrected chi connectivity index (χ0v) is 10.9. The van der Waals surface area contributed by atoms with Crippen LogP contribution in [-0.2, 0) is 12.7 Å². The second-order valence-electron chi connectivity index (χ2n) is 4.93. The zero-order chi connectivity index (χ0) is 14.7. The smallest absolute Gasteiger partial charge is 0.370 e. The quantitative estimate of drug-likeness (QED) is 0.636. The van der Waals surface area contributed by atoms with E-state index in [0.29, 0.717) is 0 Å². The van der Waals surface area contributed by atoms with E-state index < -0.39 is 11.9 Å². The summed E-state index contributed by atoms with van der Waals surface area (Å²) in [5, 5.41) is 2.88. The Hall–Kier alpha value is -1.86. The van der Waals surface area contributed by atoms with Gasteiger partial charge in [-0.1, -0.05) is 0 Å². The summed E-state index contributed by atoms with van der Waals surface area (Å²) in [7, 11) is 0. The van der Waals surface area contributed by atoms with Crippen molar-refractivity contribution >= 4 is 5.96 Å². The first-order valence-corrected chi connectivity index (χ1v) is 5.55. The zero-order valence-electron chi connectivity index (χ0n) is 10.9. The predicted molar refractivity (Wildman–Crippen MR) is 65.2 cm³/mol. The third kappa shape index (κ3) is 5.54. The fourth-order valence-electron chi connectivity index (χ4n) is 1.21. The molecule has 1 aromatic heterocycles. The molecule has 106 valence electrons. The minimum absolute atomic E-state index is 0.0338. The molecule has 5 nitrogen and oxygen atoms in total. The summed E-state index contributed by atoms with van der Waals surface area (Å²) in [6.07, 6.45) is -3.44. The first-order chi connectivity index (χ1) is 8.58. The first kappa shape index (κ1) is 15.2. The van der Waals surface area contributed by atoms with Gasteiger partial charge in [-0.3, -0.25) is 0 Å². The van der Waals surface area contributed by atoms with Crippen LogP contribution in [0.3, 0.4) is 0 Å². The standard InChI is InChI=1S/C11H16F3N5/c1-10(2,3)19-9(15)17-6-8-16-5-4-7(18-8)11(12,13)14/h4-5H,6H2,1-3H3,(H3,15,17,19). The van der Waals surface area contributed by atoms with Gasteiger partial charge in [0.1, 0.15) is 18.1 Å². The van der Waals surface area contributed by atoms with E-state index in [-0.39, 0.29) is 23.9 Å². The summed E-state index contributed by atoms with van der Waals surface area (Å²) in [4.78, 5) is 11.0. The van der Waals surface area contributed by atoms with Gasteiger partial charge in [0, 0.05) is 11.7 Å². The maximum Gasteiger partial charge on any atom is 0.433 e. The molecule has 1 rings (SSSR count). The van der Waals surface area contributed by atoms with Crippen molar-refractivity contribution in [3.63, 3.8) is 0 Å². The van der Waals surface area contributed by atoms with Crippen molar-refractivity contribution in [2.24, 2.45) is 10.7 Å². The molecule has 0 atom stereocenters. The van der Waals surface area contributed by atoms with E-state index in [4.69, 9.17) is 5.73 Å². The van der Waals surface area contributed by atoms with Gasteiger partial charge in [-0.25, -0.2) is 15.0 Å². The van der Waals surface area contributed by atoms with Crippen molar-refractivity contribution in [1.29, 1.82) is 0 Å². The number of aliphatic imine (C=N–C) groups is 1. The molecule has 0 spiro atoms. The Balaban J connectivity index is 2.76. The van der Waals surface area contributed by atoms with Gasteiger partial charge in [0.25, 0.3) is 0 Å². The molecule has 0 fully saturated rings. The Morgan fingerprint density at radius 2 is 2.00 bits per heavy atom. The molecule has 0 bridgehead atoms. The topological polar surface area (TPSA) is 76.2 Å². The first-order valence-electron chi connectivity index (χ1n) is 5.55. The number of hydrogen-bond donors (Lipinski definition) is 2. The lowest BCUT2D eigenvalue weighted by Gasteiger charge is -2.20. The number of nitrogens with two attached hydrogens (primary N) is 1. The van der Waals surface area contributed by atoms with Crippen molar-refractivity contribution in [1.82, 2.24) is 15.3 Å². The number of rotatable bonds is 2. The van der Waals surface area contributed by atoms with Crippen LogP contribution in [0.15, 0.2) is 17.3 Å². The minimum atomic E-state index is -4.49. The van der Waals surface area contributed by atoms with Gasteiger partial charge in [0.2, 0.25) is 0 Å². The molecular formula is C11H16F3N5. The number of nitrogens with one attached hydrogen (secondary N) is 1. The second kappa shape index (κ2) is 5.41. The van der Waals surface area contributed by atoms with Crippen LogP contribution >= 0.6 is 0 Å². The number of guanidine groups is 1. The van der Waals surface area contributed by atoms with Crippen LogP contribution in [0, 0.1) is 0 Å². The SMILES string of the molecule is CC(C)(C)NC(N)=NCc1nccc(C(F)(F)F)n1. The monoisotopic (exact) mass is 275 g/mol. The molecular weight excluding hydrogens is 259 g/mol. The fraction of sp³-hybridized carbons (Fsp3) is 0.545. The van der Waals surface area contributed by atoms with Gasteiger partial charge >= 0.3 is 6.18 Å². The highest BCUT2D eigenvalue weighted by Gasteiger charge is 2.32. The number of aromatic nitrogens is 2. The molecule has 0 aliphatic rings. The molecule has 19 heavy (non-hydrogen) atoms. The molecule has 0 saturated heterocycles. The molecule has 0 saturated carbocycles. The average molecular weight is 275 g/mol. The van der Waals surface area contributed by atoms with Crippen LogP contribution in [0.4, 0.5) is 13.2 Å². The van der Waals surface area contributed by atoms with Crippen molar-refractivity contribution in [3.05, 3.63) is 23.8 Å². The summed E-state index contributed by atoms with van der Waals surface area (Å²) in [6, 6.07) is 0.809. The fourth-order valence-corrected chi connectivity index (χ4v) is 1.21. The van der Waals surface area contributed by atoms with Crippen LogP contribution in [0.1, 0.15) is 32.3 Å². The van der Waals surface area contributed by atoms with Gasteiger partial charge in [0.15, 0.2) is 5.96 Å². The molecule has 0 aliphatic carbocycles. The Morgan fingerprint density at radius 3 is 2.53 bits per heavy atom. The molecule has 1 heterocycles. The Kier molecular flexibility index (Phi) is 4.33. The summed E-state index contributed by atoms with van der Waals surface area (Å²) in [6.45, 7) is 5.54. The van der Waals surface area contributed by atoms with Crippen molar-refractivity contribution in [2.45, 2.75) is 39.0 Å². The van der Waals surface area contributed by atoms with E-state index in [9.17, 15) is 13.2 Å². The second-order valence-corrected chi connectivity index (χ2v) is 4.93. The highest BCUT2D eigenvalue weighted by Crippen LogP contribution is 2.26. The molecule has 8 heteroatoms. The lowest BCUT2D eigenvalue weighted by Crippen LogP contribution is -2.45. The van der Waals surface area contributed by atoms with E-state index in [1.165, 1.54) is 0 Å². The Labute approximate surface area is 109 Å². The van der Waals surface area contributed by atoms with E-state index >= 15 is 0 Å². The lowest BCUT2D eigenvalue weighted by atomic mass is 10.1. The Bertz CT molecular complexity index is 462. The van der Waals surface area contributed by atoms with Gasteiger partial charge in [-0.05, 0) is 26.8 Å². The van der Waals surface area contributed by atoms with Crippen LogP contribution in [0.25, 0.3) is 0 Å². The van der Waals surface area contributed by atoms with Crippen LogP contribution < -0.4 is 11.1 Å². The molecule has 0 amide bonds. The van der Waals surface area contributed by atoms with Crippen LogP contribution in [0.5, 0.6) is 0 Å². The highest BCUT2D eigenvalue weighted by molar-refractivity contribution is 5.78.